The van der Waals surface area contributed by atoms with Crippen LogP contribution < -0.4 is 5.32 Å². The van der Waals surface area contributed by atoms with Crippen LogP contribution in [0.1, 0.15) is 6.92 Å². The second kappa shape index (κ2) is 5.69. The molecule has 0 unspecified atom stereocenters. The number of hydrogen-bond acceptors (Lipinski definition) is 2. The molecule has 1 heterocycles. The summed E-state index contributed by atoms with van der Waals surface area (Å²) in [6.45, 7) is 3.45. The molecule has 2 rings (SSSR count). The third kappa shape index (κ3) is 3.21. The fourth-order valence-corrected chi connectivity index (χ4v) is 1.98. The molecule has 19 heavy (non-hydrogen) atoms. The molecule has 5 nitrogen and oxygen atoms in total. The van der Waals surface area contributed by atoms with Crippen molar-refractivity contribution in [3.05, 3.63) is 30.1 Å². The molecule has 0 aromatic heterocycles. The molecule has 1 aromatic rings. The zero-order chi connectivity index (χ0) is 13.8. The number of carbonyl (C=O) groups excluding carboxylic acids is 2. The van der Waals surface area contributed by atoms with Crippen LogP contribution in [-0.2, 0) is 4.79 Å². The highest BCUT2D eigenvalue weighted by Crippen LogP contribution is 2.13. The molecule has 6 heteroatoms. The third-order valence-electron chi connectivity index (χ3n) is 3.13. The maximum absolute atomic E-state index is 13.4. The Hall–Kier alpha value is -2.11. The van der Waals surface area contributed by atoms with Crippen molar-refractivity contribution >= 4 is 17.6 Å². The predicted octanol–water partition coefficient (Wildman–Crippen LogP) is 1.52. The van der Waals surface area contributed by atoms with Gasteiger partial charge in [0.15, 0.2) is 0 Å². The topological polar surface area (TPSA) is 52.7 Å². The van der Waals surface area contributed by atoms with Crippen molar-refractivity contribution < 1.29 is 14.0 Å². The van der Waals surface area contributed by atoms with Crippen molar-refractivity contribution in [1.82, 2.24) is 9.80 Å². The normalized spacial score (nSPS) is 15.3. The van der Waals surface area contributed by atoms with Crippen LogP contribution in [0.5, 0.6) is 0 Å². The van der Waals surface area contributed by atoms with Gasteiger partial charge in [-0.2, -0.15) is 0 Å². The van der Waals surface area contributed by atoms with Gasteiger partial charge in [-0.3, -0.25) is 4.79 Å². The minimum Gasteiger partial charge on any atom is -0.339 e. The molecule has 0 radical (unpaired) electrons. The quantitative estimate of drug-likeness (QED) is 0.837. The largest absolute Gasteiger partial charge is 0.339 e. The van der Waals surface area contributed by atoms with Crippen LogP contribution in [0.2, 0.25) is 0 Å². The van der Waals surface area contributed by atoms with E-state index in [1.807, 2.05) is 0 Å². The van der Waals surface area contributed by atoms with Gasteiger partial charge in [-0.25, -0.2) is 9.18 Å². The maximum Gasteiger partial charge on any atom is 0.322 e. The number of rotatable bonds is 1. The number of carbonyl (C=O) groups is 2. The highest BCUT2D eigenvalue weighted by Gasteiger charge is 2.22. The number of piperazine rings is 1. The molecule has 3 amide bonds. The van der Waals surface area contributed by atoms with Crippen LogP contribution >= 0.6 is 0 Å². The number of hydrogen-bond donors (Lipinski definition) is 1. The molecule has 1 aliphatic rings. The van der Waals surface area contributed by atoms with E-state index in [1.165, 1.54) is 19.1 Å². The van der Waals surface area contributed by atoms with E-state index in [2.05, 4.69) is 5.32 Å². The summed E-state index contributed by atoms with van der Waals surface area (Å²) >= 11 is 0. The number of nitrogens with one attached hydrogen (secondary N) is 1. The van der Waals surface area contributed by atoms with Crippen molar-refractivity contribution in [2.45, 2.75) is 6.92 Å². The smallest absolute Gasteiger partial charge is 0.322 e. The van der Waals surface area contributed by atoms with E-state index in [0.29, 0.717) is 26.2 Å². The number of para-hydroxylation sites is 1. The van der Waals surface area contributed by atoms with E-state index in [4.69, 9.17) is 0 Å². The molecule has 0 saturated carbocycles. The first-order valence-electron chi connectivity index (χ1n) is 6.14. The van der Waals surface area contributed by atoms with Gasteiger partial charge in [-0.1, -0.05) is 12.1 Å². The highest BCUT2D eigenvalue weighted by atomic mass is 19.1. The van der Waals surface area contributed by atoms with Crippen LogP contribution in [0, 0.1) is 5.82 Å². The Kier molecular flexibility index (Phi) is 3.99. The molecule has 1 fully saturated rings. The first-order valence-corrected chi connectivity index (χ1v) is 6.14. The van der Waals surface area contributed by atoms with Gasteiger partial charge >= 0.3 is 6.03 Å². The number of amides is 3. The summed E-state index contributed by atoms with van der Waals surface area (Å²) in [5.74, 6) is -0.451. The van der Waals surface area contributed by atoms with E-state index in [-0.39, 0.29) is 17.6 Å². The van der Waals surface area contributed by atoms with Gasteiger partial charge in [-0.15, -0.1) is 0 Å². The molecule has 1 aliphatic heterocycles. The Morgan fingerprint density at radius 2 is 1.68 bits per heavy atom. The van der Waals surface area contributed by atoms with Crippen LogP contribution in [0.15, 0.2) is 24.3 Å². The van der Waals surface area contributed by atoms with Gasteiger partial charge in [0.25, 0.3) is 0 Å². The summed E-state index contributed by atoms with van der Waals surface area (Å²) in [4.78, 5) is 26.4. The summed E-state index contributed by atoms with van der Waals surface area (Å²) in [5, 5.41) is 2.53. The summed E-state index contributed by atoms with van der Waals surface area (Å²) in [5.41, 5.74) is 0.168. The summed E-state index contributed by atoms with van der Waals surface area (Å²) < 4.78 is 13.4. The van der Waals surface area contributed by atoms with Gasteiger partial charge < -0.3 is 15.1 Å². The Labute approximate surface area is 111 Å². The lowest BCUT2D eigenvalue weighted by Gasteiger charge is -2.34. The van der Waals surface area contributed by atoms with Crippen LogP contribution in [-0.4, -0.2) is 47.9 Å². The van der Waals surface area contributed by atoms with Gasteiger partial charge in [0, 0.05) is 33.1 Å². The fourth-order valence-electron chi connectivity index (χ4n) is 1.98. The molecule has 1 saturated heterocycles. The van der Waals surface area contributed by atoms with E-state index in [1.54, 1.807) is 21.9 Å². The van der Waals surface area contributed by atoms with E-state index in [0.717, 1.165) is 0 Å². The summed E-state index contributed by atoms with van der Waals surface area (Å²) in [6.07, 6.45) is 0. The number of nitrogens with zero attached hydrogens (tertiary/aromatic N) is 2. The van der Waals surface area contributed by atoms with Crippen molar-refractivity contribution in [3.8, 4) is 0 Å². The first kappa shape index (κ1) is 13.3. The monoisotopic (exact) mass is 265 g/mol. The van der Waals surface area contributed by atoms with Crippen LogP contribution in [0.25, 0.3) is 0 Å². The lowest BCUT2D eigenvalue weighted by molar-refractivity contribution is -0.130. The Bertz CT molecular complexity index is 485. The number of anilines is 1. The van der Waals surface area contributed by atoms with Crippen molar-refractivity contribution in [2.75, 3.05) is 31.5 Å². The molecule has 0 atom stereocenters. The van der Waals surface area contributed by atoms with Gasteiger partial charge in [0.2, 0.25) is 5.91 Å². The molecular weight excluding hydrogens is 249 g/mol. The summed E-state index contributed by atoms with van der Waals surface area (Å²) in [6, 6.07) is 5.69. The maximum atomic E-state index is 13.4. The lowest BCUT2D eigenvalue weighted by Crippen LogP contribution is -2.51. The second-order valence-corrected chi connectivity index (χ2v) is 4.40. The Morgan fingerprint density at radius 1 is 1.11 bits per heavy atom. The van der Waals surface area contributed by atoms with Crippen molar-refractivity contribution in [3.63, 3.8) is 0 Å². The third-order valence-corrected chi connectivity index (χ3v) is 3.13. The van der Waals surface area contributed by atoms with E-state index in [9.17, 15) is 14.0 Å². The van der Waals surface area contributed by atoms with Crippen LogP contribution in [0.3, 0.4) is 0 Å². The standard InChI is InChI=1S/C13H16FN3O2/c1-10(18)16-6-8-17(9-7-16)13(19)15-12-5-3-2-4-11(12)14/h2-5H,6-9H2,1H3,(H,15,19). The minimum atomic E-state index is -0.460. The second-order valence-electron chi connectivity index (χ2n) is 4.40. The zero-order valence-corrected chi connectivity index (χ0v) is 10.7. The molecule has 0 bridgehead atoms. The minimum absolute atomic E-state index is 0.00848. The van der Waals surface area contributed by atoms with E-state index >= 15 is 0 Å². The average Bonchev–Trinajstić information content (AvgIpc) is 2.41. The van der Waals surface area contributed by atoms with E-state index < -0.39 is 5.82 Å². The first-order chi connectivity index (χ1) is 9.08. The average molecular weight is 265 g/mol. The molecule has 0 spiro atoms. The Morgan fingerprint density at radius 3 is 2.26 bits per heavy atom. The number of benzene rings is 1. The highest BCUT2D eigenvalue weighted by molar-refractivity contribution is 5.89. The zero-order valence-electron chi connectivity index (χ0n) is 10.7. The van der Waals surface area contributed by atoms with Gasteiger partial charge in [-0.05, 0) is 12.1 Å². The molecule has 0 aliphatic carbocycles. The fraction of sp³-hybridized carbons (Fsp3) is 0.385. The number of halogens is 1. The molecule has 102 valence electrons. The molecule has 1 N–H and O–H groups in total. The molecule has 1 aromatic carbocycles. The van der Waals surface area contributed by atoms with Gasteiger partial charge in [0.1, 0.15) is 5.82 Å². The summed E-state index contributed by atoms with van der Waals surface area (Å²) in [7, 11) is 0. The number of urea groups is 1. The lowest BCUT2D eigenvalue weighted by atomic mass is 10.3. The SMILES string of the molecule is CC(=O)N1CCN(C(=O)Nc2ccccc2F)CC1. The van der Waals surface area contributed by atoms with Gasteiger partial charge in [0.05, 0.1) is 5.69 Å². The Balaban J connectivity index is 1.92. The van der Waals surface area contributed by atoms with Crippen molar-refractivity contribution in [2.24, 2.45) is 0 Å². The predicted molar refractivity (Wildman–Crippen MR) is 69.2 cm³/mol. The van der Waals surface area contributed by atoms with Crippen LogP contribution in [0.4, 0.5) is 14.9 Å². The molecular formula is C13H16FN3O2. The van der Waals surface area contributed by atoms with Crippen molar-refractivity contribution in [1.29, 1.82) is 0 Å².